The van der Waals surface area contributed by atoms with Gasteiger partial charge in [-0.05, 0) is 6.42 Å². The van der Waals surface area contributed by atoms with Gasteiger partial charge in [-0.25, -0.2) is 6.07 Å². The molecule has 0 fully saturated rings. The summed E-state index contributed by atoms with van der Waals surface area (Å²) in [7, 11) is 0. The second-order valence-corrected chi connectivity index (χ2v) is 7.32. The van der Waals surface area contributed by atoms with Crippen LogP contribution in [0.25, 0.3) is 11.1 Å². The molecule has 0 spiro atoms. The van der Waals surface area contributed by atoms with Gasteiger partial charge in [-0.3, -0.25) is 0 Å². The molecule has 0 aliphatic heterocycles. The fourth-order valence-electron chi connectivity index (χ4n) is 3.03. The van der Waals surface area contributed by atoms with Gasteiger partial charge >= 0.3 is 26.2 Å². The van der Waals surface area contributed by atoms with Gasteiger partial charge in [0.15, 0.2) is 0 Å². The summed E-state index contributed by atoms with van der Waals surface area (Å²) in [5.74, 6) is 0. The predicted octanol–water partition coefficient (Wildman–Crippen LogP) is 0.0749. The third-order valence-corrected chi connectivity index (χ3v) is 4.39. The molecule has 0 aromatic heterocycles. The molecule has 0 saturated carbocycles. The van der Waals surface area contributed by atoms with E-state index in [9.17, 15) is 0 Å². The molecule has 3 aromatic rings. The summed E-state index contributed by atoms with van der Waals surface area (Å²) in [5.41, 5.74) is 8.62. The van der Waals surface area contributed by atoms with Crippen LogP contribution in [0.2, 0.25) is 0 Å². The number of halogens is 2. The van der Waals surface area contributed by atoms with Crippen molar-refractivity contribution in [1.29, 1.82) is 0 Å². The molecular weight excluding hydrogens is 438 g/mol. The van der Waals surface area contributed by atoms with Gasteiger partial charge in [0, 0.05) is 0 Å². The van der Waals surface area contributed by atoms with Crippen LogP contribution < -0.4 is 24.8 Å². The largest absolute Gasteiger partial charge is 4.00 e. The van der Waals surface area contributed by atoms with Crippen LogP contribution >= 0.6 is 0 Å². The smallest absolute Gasteiger partial charge is 1.00 e. The minimum Gasteiger partial charge on any atom is -1.00 e. The Morgan fingerprint density at radius 2 is 1.62 bits per heavy atom. The Morgan fingerprint density at radius 3 is 2.19 bits per heavy atom. The summed E-state index contributed by atoms with van der Waals surface area (Å²) < 4.78 is 0. The Hall–Kier alpha value is -0.747. The average Bonchev–Trinajstić information content (AvgIpc) is 3.11. The van der Waals surface area contributed by atoms with Gasteiger partial charge in [0.25, 0.3) is 0 Å². The standard InChI is InChI=1S/C13H9.C10H15.2ClH.Zr/c1-3-7-12-10(5-1)9-11-6-2-4-8-13(11)12;1-8-5-6-9(7-8)10(2,3)4;;;/h1-5,7-8H,9H2;5-7H,1-4H3;2*1H;/q2*-1;;;+4/p-2. The maximum absolute atomic E-state index is 3.30. The van der Waals surface area contributed by atoms with Crippen LogP contribution in [-0.4, -0.2) is 0 Å². The third kappa shape index (κ3) is 5.88. The van der Waals surface area contributed by atoms with Crippen LogP contribution in [0.3, 0.4) is 0 Å². The van der Waals surface area contributed by atoms with E-state index in [1.807, 2.05) is 6.07 Å². The number of rotatable bonds is 0. The Bertz CT molecular complexity index is 769. The Morgan fingerprint density at radius 1 is 0.962 bits per heavy atom. The van der Waals surface area contributed by atoms with Crippen molar-refractivity contribution in [3.8, 4) is 11.1 Å². The summed E-state index contributed by atoms with van der Waals surface area (Å²) >= 11 is 0. The molecule has 0 unspecified atom stereocenters. The third-order valence-electron chi connectivity index (χ3n) is 4.39. The summed E-state index contributed by atoms with van der Waals surface area (Å²) in [5, 5.41) is 0. The van der Waals surface area contributed by atoms with Gasteiger partial charge in [-0.2, -0.15) is 53.1 Å². The van der Waals surface area contributed by atoms with Crippen LogP contribution in [0, 0.1) is 13.0 Å². The second-order valence-electron chi connectivity index (χ2n) is 7.32. The molecule has 4 rings (SSSR count). The normalized spacial score (nSPS) is 10.8. The molecule has 0 saturated heterocycles. The Balaban J connectivity index is 0.000000445. The van der Waals surface area contributed by atoms with E-state index >= 15 is 0 Å². The fourth-order valence-corrected chi connectivity index (χ4v) is 3.03. The van der Waals surface area contributed by atoms with E-state index in [1.54, 1.807) is 0 Å². The van der Waals surface area contributed by atoms with Crippen LogP contribution in [0.15, 0.2) is 60.7 Å². The number of fused-ring (bicyclic) bond motifs is 3. The van der Waals surface area contributed by atoms with Gasteiger partial charge in [0.1, 0.15) is 0 Å². The minimum absolute atomic E-state index is 0. The molecular formula is C23H24Cl2Zr. The maximum Gasteiger partial charge on any atom is 4.00 e. The van der Waals surface area contributed by atoms with Crippen molar-refractivity contribution in [3.63, 3.8) is 0 Å². The van der Waals surface area contributed by atoms with E-state index < -0.39 is 0 Å². The van der Waals surface area contributed by atoms with E-state index in [0.717, 1.165) is 6.42 Å². The first-order chi connectivity index (χ1) is 10.9. The molecule has 1 aliphatic carbocycles. The Labute approximate surface area is 189 Å². The molecule has 0 N–H and O–H groups in total. The van der Waals surface area contributed by atoms with Crippen molar-refractivity contribution in [2.24, 2.45) is 0 Å². The molecule has 0 amide bonds. The van der Waals surface area contributed by atoms with E-state index in [-0.39, 0.29) is 51.0 Å². The molecule has 3 heteroatoms. The maximum atomic E-state index is 3.30. The average molecular weight is 463 g/mol. The zero-order valence-electron chi connectivity index (χ0n) is 15.7. The van der Waals surface area contributed by atoms with Crippen LogP contribution in [-0.2, 0) is 38.0 Å². The number of benzene rings is 2. The summed E-state index contributed by atoms with van der Waals surface area (Å²) in [6, 6.07) is 24.7. The monoisotopic (exact) mass is 460 g/mol. The molecule has 0 nitrogen and oxygen atoms in total. The van der Waals surface area contributed by atoms with Gasteiger partial charge in [0.05, 0.1) is 0 Å². The van der Waals surface area contributed by atoms with Crippen molar-refractivity contribution in [2.75, 3.05) is 0 Å². The van der Waals surface area contributed by atoms with Crippen molar-refractivity contribution >= 4 is 0 Å². The first kappa shape index (κ1) is 25.3. The quantitative estimate of drug-likeness (QED) is 0.325. The van der Waals surface area contributed by atoms with Gasteiger partial charge in [-0.15, -0.1) is 5.56 Å². The van der Waals surface area contributed by atoms with E-state index in [1.165, 1.54) is 33.4 Å². The van der Waals surface area contributed by atoms with Crippen molar-refractivity contribution < 1.29 is 51.0 Å². The molecule has 0 heterocycles. The van der Waals surface area contributed by atoms with Crippen molar-refractivity contribution in [2.45, 2.75) is 39.5 Å². The first-order valence-corrected chi connectivity index (χ1v) is 8.27. The zero-order chi connectivity index (χ0) is 16.4. The number of hydrogen-bond donors (Lipinski definition) is 0. The molecule has 1 aliphatic rings. The predicted molar refractivity (Wildman–Crippen MR) is 99.0 cm³/mol. The van der Waals surface area contributed by atoms with E-state index in [0.29, 0.717) is 5.41 Å². The number of hydrogen-bond acceptors (Lipinski definition) is 0. The molecule has 0 radical (unpaired) electrons. The van der Waals surface area contributed by atoms with Gasteiger partial charge in [0.2, 0.25) is 0 Å². The topological polar surface area (TPSA) is 0 Å². The summed E-state index contributed by atoms with van der Waals surface area (Å²) in [6.45, 7) is 8.85. The molecule has 26 heavy (non-hydrogen) atoms. The van der Waals surface area contributed by atoms with Crippen LogP contribution in [0.1, 0.15) is 43.0 Å². The van der Waals surface area contributed by atoms with Crippen molar-refractivity contribution in [3.05, 3.63) is 89.0 Å². The van der Waals surface area contributed by atoms with E-state index in [4.69, 9.17) is 0 Å². The van der Waals surface area contributed by atoms with Crippen LogP contribution in [0.5, 0.6) is 0 Å². The summed E-state index contributed by atoms with van der Waals surface area (Å²) in [4.78, 5) is 0. The molecule has 3 aromatic carbocycles. The van der Waals surface area contributed by atoms with Gasteiger partial charge in [-0.1, -0.05) is 68.5 Å². The zero-order valence-corrected chi connectivity index (χ0v) is 19.7. The Kier molecular flexibility index (Phi) is 10.2. The fraction of sp³-hybridized carbons (Fsp3) is 0.261. The summed E-state index contributed by atoms with van der Waals surface area (Å²) in [6.07, 6.45) is 1.05. The molecule has 0 atom stereocenters. The van der Waals surface area contributed by atoms with Crippen LogP contribution in [0.4, 0.5) is 0 Å². The molecule has 134 valence electrons. The van der Waals surface area contributed by atoms with E-state index in [2.05, 4.69) is 88.4 Å². The minimum atomic E-state index is 0. The number of aryl methyl sites for hydroxylation is 1. The first-order valence-electron chi connectivity index (χ1n) is 8.27. The van der Waals surface area contributed by atoms with Gasteiger partial charge < -0.3 is 24.8 Å². The second kappa shape index (κ2) is 10.6. The van der Waals surface area contributed by atoms with Crippen molar-refractivity contribution in [1.82, 2.24) is 0 Å². The molecule has 0 bridgehead atoms. The SMILES string of the molecule is Cc1cc(C(C)(C)C)c[cH-]1.[Cl-].[Cl-].[Zr+4].[c-]1cccc2c1Cc1ccccc1-2.